The third-order valence-corrected chi connectivity index (χ3v) is 1.58. The number of carbonyl (C=O) groups is 1. The molecule has 0 aromatic carbocycles. The highest BCUT2D eigenvalue weighted by molar-refractivity contribution is 7.09. The Hall–Kier alpha value is -1.97. The molecule has 2 aromatic heterocycles. The Bertz CT molecular complexity index is 379. The van der Waals surface area contributed by atoms with Gasteiger partial charge >= 0.3 is 0 Å². The van der Waals surface area contributed by atoms with Gasteiger partial charge in [-0.1, -0.05) is 9.59 Å². The second-order valence-corrected chi connectivity index (χ2v) is 2.59. The second-order valence-electron chi connectivity index (χ2n) is 1.86. The number of nitrogens with zero attached hydrogens (tertiary/aromatic N) is 6. The van der Waals surface area contributed by atoms with Crippen molar-refractivity contribution in [2.45, 2.75) is 0 Å². The molecule has 0 bridgehead atoms. The average Bonchev–Trinajstić information content (AvgIpc) is 2.74. The van der Waals surface area contributed by atoms with Crippen LogP contribution in [0.1, 0.15) is 10.6 Å². The van der Waals surface area contributed by atoms with Gasteiger partial charge in [0.1, 0.15) is 0 Å². The molecule has 10 heteroatoms. The third kappa shape index (κ3) is 1.61. The number of hydrogen-bond acceptors (Lipinski definition) is 8. The van der Waals surface area contributed by atoms with Crippen molar-refractivity contribution in [3.63, 3.8) is 0 Å². The summed E-state index contributed by atoms with van der Waals surface area (Å²) in [5.41, 5.74) is 0. The average molecular weight is 198 g/mol. The quantitative estimate of drug-likeness (QED) is 0.614. The number of rotatable bonds is 2. The number of aromatic nitrogens is 7. The number of carbonyl (C=O) groups excluding carboxylic acids is 1. The van der Waals surface area contributed by atoms with Crippen molar-refractivity contribution in [3.05, 3.63) is 5.82 Å². The van der Waals surface area contributed by atoms with Crippen molar-refractivity contribution in [2.24, 2.45) is 0 Å². The Balaban J connectivity index is 2.08. The predicted molar refractivity (Wildman–Crippen MR) is 39.8 cm³/mol. The smallest absolute Gasteiger partial charge is 0.292 e. The minimum absolute atomic E-state index is 0.0600. The molecule has 0 saturated heterocycles. The normalized spacial score (nSPS) is 9.85. The maximum atomic E-state index is 11.2. The molecule has 0 radical (unpaired) electrons. The largest absolute Gasteiger partial charge is 0.299 e. The topological polar surface area (TPSA) is 122 Å². The predicted octanol–water partition coefficient (Wildman–Crippen LogP) is -1.30. The van der Waals surface area contributed by atoms with Crippen molar-refractivity contribution in [1.29, 1.82) is 0 Å². The lowest BCUT2D eigenvalue weighted by molar-refractivity contribution is 0.101. The molecule has 2 heterocycles. The van der Waals surface area contributed by atoms with Crippen LogP contribution in [0, 0.1) is 0 Å². The maximum Gasteiger partial charge on any atom is 0.299 e. The monoisotopic (exact) mass is 198 g/mol. The van der Waals surface area contributed by atoms with Gasteiger partial charge in [-0.25, -0.2) is 0 Å². The van der Waals surface area contributed by atoms with Gasteiger partial charge in [-0.15, -0.1) is 10.2 Å². The van der Waals surface area contributed by atoms with E-state index in [1.165, 1.54) is 0 Å². The minimum Gasteiger partial charge on any atom is -0.292 e. The molecule has 2 N–H and O–H groups in total. The number of anilines is 1. The summed E-state index contributed by atoms with van der Waals surface area (Å²) < 4.78 is 3.46. The van der Waals surface area contributed by atoms with Crippen LogP contribution >= 0.6 is 11.5 Å². The van der Waals surface area contributed by atoms with Crippen LogP contribution in [-0.4, -0.2) is 41.3 Å². The Labute approximate surface area is 74.7 Å². The number of nitrogens with one attached hydrogen (secondary N) is 2. The fraction of sp³-hybridized carbons (Fsp3) is 0. The van der Waals surface area contributed by atoms with Gasteiger partial charge in [0, 0.05) is 11.5 Å². The van der Waals surface area contributed by atoms with Crippen LogP contribution in [0.3, 0.4) is 0 Å². The van der Waals surface area contributed by atoms with Crippen LogP contribution < -0.4 is 5.32 Å². The summed E-state index contributed by atoms with van der Waals surface area (Å²) in [4.78, 5) is 11.2. The van der Waals surface area contributed by atoms with E-state index in [-0.39, 0.29) is 11.0 Å². The van der Waals surface area contributed by atoms with E-state index in [0.717, 1.165) is 11.5 Å². The lowest BCUT2D eigenvalue weighted by atomic mass is 10.6. The van der Waals surface area contributed by atoms with Crippen molar-refractivity contribution < 1.29 is 4.79 Å². The van der Waals surface area contributed by atoms with Gasteiger partial charge in [0.05, 0.1) is 0 Å². The molecular formula is C3H2N8OS. The van der Waals surface area contributed by atoms with Gasteiger partial charge in [0.15, 0.2) is 0 Å². The van der Waals surface area contributed by atoms with Gasteiger partial charge in [-0.05, 0) is 10.4 Å². The van der Waals surface area contributed by atoms with Gasteiger partial charge in [0.2, 0.25) is 5.13 Å². The number of hydrogen-bond donors (Lipinski definition) is 2. The first-order valence-corrected chi connectivity index (χ1v) is 3.83. The molecule has 0 aliphatic rings. The number of tetrazole rings is 1. The number of aromatic amines is 1. The number of amides is 1. The molecule has 66 valence electrons. The maximum absolute atomic E-state index is 11.2. The van der Waals surface area contributed by atoms with Crippen molar-refractivity contribution in [1.82, 2.24) is 35.4 Å². The zero-order valence-corrected chi connectivity index (χ0v) is 6.82. The van der Waals surface area contributed by atoms with Crippen molar-refractivity contribution >= 4 is 22.6 Å². The fourth-order valence-corrected chi connectivity index (χ4v) is 0.955. The van der Waals surface area contributed by atoms with E-state index >= 15 is 0 Å². The molecule has 0 unspecified atom stereocenters. The molecule has 0 fully saturated rings. The Morgan fingerprint density at radius 1 is 1.46 bits per heavy atom. The van der Waals surface area contributed by atoms with Gasteiger partial charge in [-0.3, -0.25) is 10.1 Å². The van der Waals surface area contributed by atoms with Gasteiger partial charge in [0.25, 0.3) is 11.7 Å². The van der Waals surface area contributed by atoms with Gasteiger partial charge in [-0.2, -0.15) is 5.21 Å². The second kappa shape index (κ2) is 3.18. The van der Waals surface area contributed by atoms with E-state index < -0.39 is 5.91 Å². The van der Waals surface area contributed by atoms with Crippen LogP contribution in [-0.2, 0) is 0 Å². The van der Waals surface area contributed by atoms with E-state index in [1.807, 2.05) is 0 Å². The first kappa shape index (κ1) is 7.67. The lowest BCUT2D eigenvalue weighted by Gasteiger charge is -1.91. The molecule has 0 atom stereocenters. The van der Waals surface area contributed by atoms with E-state index in [0.29, 0.717) is 0 Å². The molecule has 0 spiro atoms. The molecular weight excluding hydrogens is 196 g/mol. The summed E-state index contributed by atoms with van der Waals surface area (Å²) in [6, 6.07) is 0. The summed E-state index contributed by atoms with van der Waals surface area (Å²) in [7, 11) is 0. The van der Waals surface area contributed by atoms with Crippen LogP contribution in [0.5, 0.6) is 0 Å². The summed E-state index contributed by atoms with van der Waals surface area (Å²) >= 11 is 0.958. The van der Waals surface area contributed by atoms with Crippen LogP contribution in [0.2, 0.25) is 0 Å². The summed E-state index contributed by atoms with van der Waals surface area (Å²) in [5.74, 6) is -0.567. The summed E-state index contributed by atoms with van der Waals surface area (Å²) in [5, 5.41) is 21.8. The molecule has 0 saturated carbocycles. The number of H-pyrrole nitrogens is 1. The Morgan fingerprint density at radius 3 is 3.00 bits per heavy atom. The molecule has 0 aliphatic heterocycles. The highest BCUT2D eigenvalue weighted by atomic mass is 32.1. The zero-order valence-electron chi connectivity index (χ0n) is 6.00. The molecule has 1 amide bonds. The zero-order chi connectivity index (χ0) is 9.10. The van der Waals surface area contributed by atoms with E-state index in [2.05, 4.69) is 40.7 Å². The molecule has 9 nitrogen and oxygen atoms in total. The Kier molecular flexibility index (Phi) is 1.88. The molecule has 0 aliphatic carbocycles. The standard InChI is InChI=1S/C3H2N8OS/c12-2(1-5-8-9-6-1)4-3-7-10-11-13-3/h(H,4,7,11,12)(H,5,6,8,9). The SMILES string of the molecule is O=C(Nc1nnns1)c1nn[nH]n1. The van der Waals surface area contributed by atoms with Crippen LogP contribution in [0.15, 0.2) is 0 Å². The van der Waals surface area contributed by atoms with Crippen LogP contribution in [0.4, 0.5) is 5.13 Å². The van der Waals surface area contributed by atoms with E-state index in [9.17, 15) is 4.79 Å². The first-order valence-electron chi connectivity index (χ1n) is 3.06. The van der Waals surface area contributed by atoms with E-state index in [4.69, 9.17) is 0 Å². The van der Waals surface area contributed by atoms with Crippen molar-refractivity contribution in [3.8, 4) is 0 Å². The third-order valence-electron chi connectivity index (χ3n) is 1.07. The fourth-order valence-electron chi connectivity index (χ4n) is 0.593. The molecule has 13 heavy (non-hydrogen) atoms. The highest BCUT2D eigenvalue weighted by Crippen LogP contribution is 2.05. The lowest BCUT2D eigenvalue weighted by Crippen LogP contribution is -2.13. The summed E-state index contributed by atoms with van der Waals surface area (Å²) in [6.07, 6.45) is 0. The Morgan fingerprint density at radius 2 is 2.38 bits per heavy atom. The first-order chi connectivity index (χ1) is 6.36. The summed E-state index contributed by atoms with van der Waals surface area (Å²) in [6.45, 7) is 0. The van der Waals surface area contributed by atoms with E-state index in [1.54, 1.807) is 0 Å². The molecule has 2 rings (SSSR count). The molecule has 2 aromatic rings. The van der Waals surface area contributed by atoms with Crippen molar-refractivity contribution in [2.75, 3.05) is 5.32 Å². The minimum atomic E-state index is -0.507. The van der Waals surface area contributed by atoms with Crippen LogP contribution in [0.25, 0.3) is 0 Å². The highest BCUT2D eigenvalue weighted by Gasteiger charge is 2.12. The van der Waals surface area contributed by atoms with Gasteiger partial charge < -0.3 is 0 Å².